The molecule has 0 unspecified atom stereocenters. The number of nitro groups is 1. The summed E-state index contributed by atoms with van der Waals surface area (Å²) in [5.41, 5.74) is -0.332. The van der Waals surface area contributed by atoms with Crippen molar-refractivity contribution in [3.63, 3.8) is 0 Å². The average molecular weight is 341 g/mol. The van der Waals surface area contributed by atoms with Crippen molar-refractivity contribution in [3.05, 3.63) is 46.0 Å². The van der Waals surface area contributed by atoms with Crippen molar-refractivity contribution in [2.24, 2.45) is 0 Å². The number of phenolic OH excluding ortho intramolecular Hbond substituents is 1. The molecule has 0 atom stereocenters. The number of hydrogen-bond acceptors (Lipinski definition) is 7. The molecule has 0 radical (unpaired) electrons. The van der Waals surface area contributed by atoms with Crippen LogP contribution in [0.5, 0.6) is 17.2 Å². The van der Waals surface area contributed by atoms with Gasteiger partial charge in [-0.2, -0.15) is 0 Å². The molecule has 25 heavy (non-hydrogen) atoms. The summed E-state index contributed by atoms with van der Waals surface area (Å²) in [6, 6.07) is 7.33. The monoisotopic (exact) mass is 341 g/mol. The van der Waals surface area contributed by atoms with Gasteiger partial charge in [0.05, 0.1) is 23.0 Å². The topological polar surface area (TPSA) is 108 Å². The first-order valence-electron chi connectivity index (χ1n) is 7.26. The number of hydrogen-bond donors (Lipinski definition) is 1. The molecule has 1 heterocycles. The molecule has 126 valence electrons. The molecule has 0 saturated carbocycles. The Kier molecular flexibility index (Phi) is 3.14. The molecule has 3 aromatic rings. The smallest absolute Gasteiger partial charge is 0.338 e. The molecule has 8 nitrogen and oxygen atoms in total. The highest BCUT2D eigenvalue weighted by molar-refractivity contribution is 6.22. The maximum absolute atomic E-state index is 12.2. The van der Waals surface area contributed by atoms with Gasteiger partial charge in [-0.3, -0.25) is 10.1 Å². The van der Waals surface area contributed by atoms with Crippen LogP contribution in [-0.4, -0.2) is 29.9 Å². The lowest BCUT2D eigenvalue weighted by Crippen LogP contribution is -2.04. The van der Waals surface area contributed by atoms with Gasteiger partial charge in [0, 0.05) is 16.8 Å². The molecule has 0 aromatic heterocycles. The minimum atomic E-state index is -0.731. The minimum absolute atomic E-state index is 0.00121. The molecule has 0 aliphatic carbocycles. The molecular formula is C17H11NO7. The number of nitrogens with zero attached hydrogens (tertiary/aromatic N) is 1. The maximum atomic E-state index is 12.2. The van der Waals surface area contributed by atoms with E-state index in [0.29, 0.717) is 16.5 Å². The minimum Gasteiger partial charge on any atom is -0.507 e. The normalized spacial score (nSPS) is 12.5. The largest absolute Gasteiger partial charge is 0.507 e. The lowest BCUT2D eigenvalue weighted by atomic mass is 9.95. The molecular weight excluding hydrogens is 330 g/mol. The molecule has 0 saturated heterocycles. The second-order valence-electron chi connectivity index (χ2n) is 5.42. The van der Waals surface area contributed by atoms with E-state index in [-0.39, 0.29) is 40.3 Å². The second-order valence-corrected chi connectivity index (χ2v) is 5.42. The van der Waals surface area contributed by atoms with E-state index in [4.69, 9.17) is 14.2 Å². The highest BCUT2D eigenvalue weighted by Crippen LogP contribution is 2.48. The van der Waals surface area contributed by atoms with Crippen LogP contribution in [-0.2, 0) is 4.74 Å². The van der Waals surface area contributed by atoms with Crippen molar-refractivity contribution < 1.29 is 29.0 Å². The quantitative estimate of drug-likeness (QED) is 0.330. The molecule has 8 heteroatoms. The van der Waals surface area contributed by atoms with Crippen LogP contribution in [0.3, 0.4) is 0 Å². The molecule has 0 amide bonds. The number of non-ortho nitro benzene ring substituents is 1. The summed E-state index contributed by atoms with van der Waals surface area (Å²) < 4.78 is 15.6. The van der Waals surface area contributed by atoms with Crippen LogP contribution in [0.2, 0.25) is 0 Å². The van der Waals surface area contributed by atoms with Crippen LogP contribution in [0.4, 0.5) is 5.69 Å². The first-order valence-corrected chi connectivity index (χ1v) is 7.26. The first-order chi connectivity index (χ1) is 12.0. The summed E-state index contributed by atoms with van der Waals surface area (Å²) in [4.78, 5) is 23.2. The number of ether oxygens (including phenoxy) is 3. The predicted octanol–water partition coefficient (Wildman–Crippen LogP) is 3.12. The van der Waals surface area contributed by atoms with Crippen molar-refractivity contribution in [2.45, 2.75) is 0 Å². The van der Waals surface area contributed by atoms with Crippen molar-refractivity contribution in [1.82, 2.24) is 0 Å². The van der Waals surface area contributed by atoms with Crippen LogP contribution in [0, 0.1) is 10.1 Å². The molecule has 4 rings (SSSR count). The summed E-state index contributed by atoms with van der Waals surface area (Å²) in [5.74, 6) is -0.260. The second kappa shape index (κ2) is 5.23. The third-order valence-corrected chi connectivity index (χ3v) is 4.15. The third-order valence-electron chi connectivity index (χ3n) is 4.15. The number of carbonyl (C=O) groups is 1. The van der Waals surface area contributed by atoms with Crippen LogP contribution in [0.15, 0.2) is 30.3 Å². The Hall–Kier alpha value is -3.55. The Balaban J connectivity index is 2.32. The van der Waals surface area contributed by atoms with Gasteiger partial charge in [-0.1, -0.05) is 12.1 Å². The Morgan fingerprint density at radius 2 is 2.04 bits per heavy atom. The molecule has 1 N–H and O–H groups in total. The van der Waals surface area contributed by atoms with Crippen LogP contribution in [0.25, 0.3) is 21.5 Å². The van der Waals surface area contributed by atoms with E-state index < -0.39 is 10.9 Å². The number of aromatic hydroxyl groups is 1. The molecule has 0 bridgehead atoms. The van der Waals surface area contributed by atoms with Gasteiger partial charge in [-0.05, 0) is 17.5 Å². The van der Waals surface area contributed by atoms with E-state index >= 15 is 0 Å². The van der Waals surface area contributed by atoms with Crippen molar-refractivity contribution in [3.8, 4) is 17.2 Å². The Labute approximate surface area is 140 Å². The maximum Gasteiger partial charge on any atom is 0.338 e. The molecule has 1 aliphatic rings. The highest BCUT2D eigenvalue weighted by atomic mass is 16.7. The summed E-state index contributed by atoms with van der Waals surface area (Å²) in [6.45, 7) is -0.0714. The van der Waals surface area contributed by atoms with Crippen LogP contribution < -0.4 is 9.47 Å². The summed E-state index contributed by atoms with van der Waals surface area (Å²) in [7, 11) is 1.19. The Bertz CT molecular complexity index is 1070. The Morgan fingerprint density at radius 1 is 1.24 bits per heavy atom. The number of benzene rings is 3. The van der Waals surface area contributed by atoms with Gasteiger partial charge in [-0.25, -0.2) is 4.79 Å². The van der Waals surface area contributed by atoms with Crippen molar-refractivity contribution in [1.29, 1.82) is 0 Å². The van der Waals surface area contributed by atoms with E-state index in [1.54, 1.807) is 12.1 Å². The van der Waals surface area contributed by atoms with Gasteiger partial charge in [-0.15, -0.1) is 0 Å². The summed E-state index contributed by atoms with van der Waals surface area (Å²) >= 11 is 0. The fourth-order valence-corrected chi connectivity index (χ4v) is 3.11. The van der Waals surface area contributed by atoms with Crippen molar-refractivity contribution >= 4 is 33.2 Å². The van der Waals surface area contributed by atoms with Crippen molar-refractivity contribution in [2.75, 3.05) is 13.9 Å². The van der Waals surface area contributed by atoms with Gasteiger partial charge in [0.1, 0.15) is 5.75 Å². The number of rotatable bonds is 2. The summed E-state index contributed by atoms with van der Waals surface area (Å²) in [6.07, 6.45) is 0. The van der Waals surface area contributed by atoms with Gasteiger partial charge in [0.2, 0.25) is 6.79 Å². The zero-order valence-electron chi connectivity index (χ0n) is 12.9. The fraction of sp³-hybridized carbons (Fsp3) is 0.118. The van der Waals surface area contributed by atoms with E-state index in [1.165, 1.54) is 25.3 Å². The molecule has 3 aromatic carbocycles. The van der Waals surface area contributed by atoms with Gasteiger partial charge >= 0.3 is 5.97 Å². The number of esters is 1. The predicted molar refractivity (Wildman–Crippen MR) is 87.2 cm³/mol. The number of carbonyl (C=O) groups excluding carboxylic acids is 1. The van der Waals surface area contributed by atoms with Crippen LogP contribution in [0.1, 0.15) is 10.4 Å². The molecule has 0 fully saturated rings. The van der Waals surface area contributed by atoms with Crippen LogP contribution >= 0.6 is 0 Å². The van der Waals surface area contributed by atoms with E-state index in [0.717, 1.165) is 0 Å². The average Bonchev–Trinajstić information content (AvgIpc) is 3.08. The Morgan fingerprint density at radius 3 is 2.76 bits per heavy atom. The van der Waals surface area contributed by atoms with E-state index in [2.05, 4.69) is 0 Å². The molecule has 0 spiro atoms. The zero-order valence-corrected chi connectivity index (χ0v) is 12.9. The first kappa shape index (κ1) is 15.0. The lowest BCUT2D eigenvalue weighted by molar-refractivity contribution is -0.383. The lowest BCUT2D eigenvalue weighted by Gasteiger charge is -2.12. The highest BCUT2D eigenvalue weighted by Gasteiger charge is 2.30. The fourth-order valence-electron chi connectivity index (χ4n) is 3.11. The van der Waals surface area contributed by atoms with E-state index in [9.17, 15) is 20.0 Å². The van der Waals surface area contributed by atoms with Gasteiger partial charge in [0.15, 0.2) is 11.5 Å². The summed E-state index contributed by atoms with van der Waals surface area (Å²) in [5, 5.41) is 23.0. The number of methoxy groups -OCH3 is 1. The SMILES string of the molecule is COC(=O)c1cc2c(c3c1c([N+](=O)[O-])cc1c(O)cccc13)OCO2. The van der Waals surface area contributed by atoms with Gasteiger partial charge in [0.25, 0.3) is 5.69 Å². The molecule has 1 aliphatic heterocycles. The standard InChI is InChI=1S/C17H11NO7/c1-23-17(20)10-6-13-16(25-7-24-13)15-8-3-2-4-12(19)9(8)5-11(14(10)15)18(21)22/h2-6,19H,7H2,1H3. The number of phenols is 1. The van der Waals surface area contributed by atoms with Gasteiger partial charge < -0.3 is 19.3 Å². The number of nitro benzene ring substituents is 1. The number of fused-ring (bicyclic) bond motifs is 5. The third kappa shape index (κ3) is 2.04. The zero-order chi connectivity index (χ0) is 17.7. The van der Waals surface area contributed by atoms with E-state index in [1.807, 2.05) is 0 Å².